The molecule has 0 atom stereocenters. The van der Waals surface area contributed by atoms with Crippen LogP contribution >= 0.6 is 11.6 Å². The molecule has 0 spiro atoms. The summed E-state index contributed by atoms with van der Waals surface area (Å²) in [5.41, 5.74) is 1.05. The Kier molecular flexibility index (Phi) is 3.53. The van der Waals surface area contributed by atoms with Crippen molar-refractivity contribution in [3.8, 4) is 5.69 Å². The smallest absolute Gasteiger partial charge is 0.148 e. The maximum Gasteiger partial charge on any atom is 0.148 e. The first-order valence-electron chi connectivity index (χ1n) is 6.19. The molecule has 2 aromatic heterocycles. The van der Waals surface area contributed by atoms with Crippen molar-refractivity contribution < 1.29 is 4.39 Å². The van der Waals surface area contributed by atoms with Gasteiger partial charge in [-0.05, 0) is 19.1 Å². The minimum atomic E-state index is -0.340. The monoisotopic (exact) mass is 303 g/mol. The number of benzene rings is 1. The van der Waals surface area contributed by atoms with Crippen molar-refractivity contribution in [2.45, 2.75) is 6.92 Å². The summed E-state index contributed by atoms with van der Waals surface area (Å²) in [4.78, 5) is 8.20. The van der Waals surface area contributed by atoms with Gasteiger partial charge in [-0.25, -0.2) is 19.0 Å². The van der Waals surface area contributed by atoms with Crippen LogP contribution in [0.25, 0.3) is 5.69 Å². The molecule has 3 rings (SSSR count). The first-order chi connectivity index (χ1) is 10.1. The fraction of sp³-hybridized carbons (Fsp3) is 0.0714. The van der Waals surface area contributed by atoms with Crippen LogP contribution in [-0.2, 0) is 0 Å². The van der Waals surface area contributed by atoms with E-state index < -0.39 is 0 Å². The highest BCUT2D eigenvalue weighted by Crippen LogP contribution is 2.19. The Hall–Kier alpha value is -2.47. The first-order valence-corrected chi connectivity index (χ1v) is 6.57. The molecule has 0 aliphatic heterocycles. The molecule has 0 saturated heterocycles. The second-order valence-electron chi connectivity index (χ2n) is 4.37. The molecule has 106 valence electrons. The van der Waals surface area contributed by atoms with Crippen molar-refractivity contribution in [2.24, 2.45) is 0 Å². The van der Waals surface area contributed by atoms with Crippen LogP contribution in [0.3, 0.4) is 0 Å². The van der Waals surface area contributed by atoms with Crippen molar-refractivity contribution in [2.75, 3.05) is 5.32 Å². The summed E-state index contributed by atoms with van der Waals surface area (Å²) in [5, 5.41) is 7.53. The lowest BCUT2D eigenvalue weighted by Crippen LogP contribution is -1.98. The van der Waals surface area contributed by atoms with E-state index >= 15 is 0 Å². The van der Waals surface area contributed by atoms with Crippen LogP contribution in [0.15, 0.2) is 42.7 Å². The molecular formula is C14H11ClFN5. The number of hydrogen-bond donors (Lipinski definition) is 1. The number of nitrogens with zero attached hydrogens (tertiary/aromatic N) is 4. The second kappa shape index (κ2) is 5.49. The summed E-state index contributed by atoms with van der Waals surface area (Å²) in [5.74, 6) is 0.778. The molecule has 5 nitrogen and oxygen atoms in total. The van der Waals surface area contributed by atoms with Gasteiger partial charge in [0.05, 0.1) is 18.1 Å². The summed E-state index contributed by atoms with van der Waals surface area (Å²) in [7, 11) is 0. The molecule has 0 saturated carbocycles. The van der Waals surface area contributed by atoms with Gasteiger partial charge in [-0.2, -0.15) is 5.10 Å². The van der Waals surface area contributed by atoms with Gasteiger partial charge in [-0.15, -0.1) is 0 Å². The number of anilines is 2. The van der Waals surface area contributed by atoms with Crippen LogP contribution < -0.4 is 5.32 Å². The molecule has 2 heterocycles. The largest absolute Gasteiger partial charge is 0.338 e. The number of aryl methyl sites for hydroxylation is 1. The minimum Gasteiger partial charge on any atom is -0.338 e. The Bertz CT molecular complexity index is 766. The van der Waals surface area contributed by atoms with E-state index in [2.05, 4.69) is 20.4 Å². The van der Waals surface area contributed by atoms with E-state index in [9.17, 15) is 4.39 Å². The highest BCUT2D eigenvalue weighted by molar-refractivity contribution is 6.29. The van der Waals surface area contributed by atoms with Crippen LogP contribution in [0, 0.1) is 12.7 Å². The molecule has 0 radical (unpaired) electrons. The van der Waals surface area contributed by atoms with Crippen molar-refractivity contribution in [3.05, 3.63) is 59.5 Å². The summed E-state index contributed by atoms with van der Waals surface area (Å²) in [6, 6.07) is 8.03. The normalized spacial score (nSPS) is 10.6. The van der Waals surface area contributed by atoms with Gasteiger partial charge in [0.1, 0.15) is 28.3 Å². The van der Waals surface area contributed by atoms with Crippen LogP contribution in [0.2, 0.25) is 5.15 Å². The number of hydrogen-bond acceptors (Lipinski definition) is 4. The molecular weight excluding hydrogens is 293 g/mol. The van der Waals surface area contributed by atoms with Crippen LogP contribution in [-0.4, -0.2) is 19.7 Å². The Labute approximate surface area is 125 Å². The van der Waals surface area contributed by atoms with Gasteiger partial charge < -0.3 is 5.32 Å². The highest BCUT2D eigenvalue weighted by Gasteiger charge is 2.07. The lowest BCUT2D eigenvalue weighted by Gasteiger charge is -2.04. The summed E-state index contributed by atoms with van der Waals surface area (Å²) in [6.45, 7) is 1.75. The van der Waals surface area contributed by atoms with E-state index in [4.69, 9.17) is 11.6 Å². The van der Waals surface area contributed by atoms with Gasteiger partial charge in [-0.1, -0.05) is 23.7 Å². The van der Waals surface area contributed by atoms with E-state index in [1.54, 1.807) is 43.6 Å². The Morgan fingerprint density at radius 1 is 1.24 bits per heavy atom. The van der Waals surface area contributed by atoms with Gasteiger partial charge in [0.2, 0.25) is 0 Å². The first kappa shape index (κ1) is 13.5. The predicted molar refractivity (Wildman–Crippen MR) is 78.6 cm³/mol. The predicted octanol–water partition coefficient (Wildman–Crippen LogP) is 3.51. The molecule has 3 aromatic rings. The molecule has 1 aromatic carbocycles. The lowest BCUT2D eigenvalue weighted by atomic mass is 10.3. The van der Waals surface area contributed by atoms with Gasteiger partial charge in [0.15, 0.2) is 0 Å². The lowest BCUT2D eigenvalue weighted by molar-refractivity contribution is 0.611. The molecule has 0 unspecified atom stereocenters. The van der Waals surface area contributed by atoms with Gasteiger partial charge in [0, 0.05) is 6.07 Å². The maximum atomic E-state index is 13.7. The molecule has 0 fully saturated rings. The fourth-order valence-corrected chi connectivity index (χ4v) is 2.13. The van der Waals surface area contributed by atoms with E-state index in [1.165, 1.54) is 10.7 Å². The zero-order chi connectivity index (χ0) is 14.8. The third-order valence-corrected chi connectivity index (χ3v) is 2.95. The number of nitrogens with one attached hydrogen (secondary N) is 1. The van der Waals surface area contributed by atoms with Crippen molar-refractivity contribution in [1.82, 2.24) is 19.7 Å². The summed E-state index contributed by atoms with van der Waals surface area (Å²) >= 11 is 5.88. The van der Waals surface area contributed by atoms with Crippen molar-refractivity contribution in [3.63, 3.8) is 0 Å². The van der Waals surface area contributed by atoms with Crippen LogP contribution in [0.4, 0.5) is 15.9 Å². The number of rotatable bonds is 3. The molecule has 0 aliphatic rings. The molecule has 7 heteroatoms. The third kappa shape index (κ3) is 3.00. The summed E-state index contributed by atoms with van der Waals surface area (Å²) in [6.07, 6.45) is 3.25. The minimum absolute atomic E-state index is 0.340. The van der Waals surface area contributed by atoms with E-state index in [-0.39, 0.29) is 5.82 Å². The van der Waals surface area contributed by atoms with Crippen LogP contribution in [0.5, 0.6) is 0 Å². The van der Waals surface area contributed by atoms with Crippen molar-refractivity contribution >= 4 is 23.1 Å². The van der Waals surface area contributed by atoms with Crippen molar-refractivity contribution in [1.29, 1.82) is 0 Å². The Balaban J connectivity index is 1.87. The van der Waals surface area contributed by atoms with E-state index in [0.29, 0.717) is 28.2 Å². The topological polar surface area (TPSA) is 55.6 Å². The SMILES string of the molecule is Cc1nc(Cl)cc(Nc2cnn(-c3ccccc3F)c2)n1. The van der Waals surface area contributed by atoms with Crippen LogP contribution in [0.1, 0.15) is 5.82 Å². The Morgan fingerprint density at radius 2 is 2.05 bits per heavy atom. The number of para-hydroxylation sites is 1. The van der Waals surface area contributed by atoms with Gasteiger partial charge in [-0.3, -0.25) is 0 Å². The average Bonchev–Trinajstić information content (AvgIpc) is 2.86. The highest BCUT2D eigenvalue weighted by atomic mass is 35.5. The van der Waals surface area contributed by atoms with Gasteiger partial charge >= 0.3 is 0 Å². The quantitative estimate of drug-likeness (QED) is 0.752. The van der Waals surface area contributed by atoms with E-state index in [1.807, 2.05) is 0 Å². The number of halogens is 2. The zero-order valence-electron chi connectivity index (χ0n) is 11.1. The zero-order valence-corrected chi connectivity index (χ0v) is 11.8. The standard InChI is InChI=1S/C14H11ClFN5/c1-9-18-13(15)6-14(19-9)20-10-7-17-21(8-10)12-5-3-2-4-11(12)16/h2-8H,1H3,(H,18,19,20). The fourth-order valence-electron chi connectivity index (χ4n) is 1.90. The maximum absolute atomic E-state index is 13.7. The average molecular weight is 304 g/mol. The molecule has 0 amide bonds. The molecule has 0 aliphatic carbocycles. The summed E-state index contributed by atoms with van der Waals surface area (Å²) < 4.78 is 15.1. The third-order valence-electron chi connectivity index (χ3n) is 2.76. The van der Waals surface area contributed by atoms with E-state index in [0.717, 1.165) is 0 Å². The Morgan fingerprint density at radius 3 is 2.81 bits per heavy atom. The molecule has 21 heavy (non-hydrogen) atoms. The number of aromatic nitrogens is 4. The van der Waals surface area contributed by atoms with Gasteiger partial charge in [0.25, 0.3) is 0 Å². The second-order valence-corrected chi connectivity index (χ2v) is 4.76. The molecule has 1 N–H and O–H groups in total. The molecule has 0 bridgehead atoms.